The fraction of sp³-hybridized carbons (Fsp3) is 0. The minimum atomic E-state index is -3.67. The molecule has 0 aromatic heterocycles. The van der Waals surface area contributed by atoms with E-state index in [0.29, 0.717) is 51.9 Å². The van der Waals surface area contributed by atoms with Gasteiger partial charge in [-0.05, 0) is 131 Å². The summed E-state index contributed by atoms with van der Waals surface area (Å²) in [6, 6.07) is 52.8. The van der Waals surface area contributed by atoms with Crippen LogP contribution in [0.5, 0.6) is 0 Å². The fourth-order valence-corrected chi connectivity index (χ4v) is 13.2. The minimum absolute atomic E-state index is 0.536. The first-order valence-electron chi connectivity index (χ1n) is 16.5. The Morgan fingerprint density at radius 3 is 0.865 bits per heavy atom. The highest BCUT2D eigenvalue weighted by atomic mass is 35.5. The van der Waals surface area contributed by atoms with Gasteiger partial charge in [-0.25, -0.2) is 0 Å². The van der Waals surface area contributed by atoms with Crippen LogP contribution >= 0.6 is 60.7 Å². The Morgan fingerprint density at radius 2 is 0.577 bits per heavy atom. The van der Waals surface area contributed by atoms with Gasteiger partial charge in [0.15, 0.2) is 14.3 Å². The zero-order valence-corrected chi connectivity index (χ0v) is 32.2. The van der Waals surface area contributed by atoms with Gasteiger partial charge >= 0.3 is 0 Å². The van der Waals surface area contributed by atoms with Crippen LogP contribution in [0.3, 0.4) is 0 Å². The molecular weight excluding hydrogens is 764 g/mol. The Balaban J connectivity index is 1.58. The molecule has 0 unspecified atom stereocenters. The SMILES string of the molecule is O=P(c1ccc(Cl)cc1)(c1ccc(Cl)cc1)c1ccc2ccccc2c1-c1c(P(=O)(c2ccc(Cl)cc2)c2ccc(Cl)cc2)ccc2ccccc12. The quantitative estimate of drug-likeness (QED) is 0.151. The molecule has 0 fully saturated rings. The molecule has 0 spiro atoms. The van der Waals surface area contributed by atoms with Gasteiger partial charge in [-0.2, -0.15) is 0 Å². The van der Waals surface area contributed by atoms with Crippen LogP contribution < -0.4 is 31.8 Å². The summed E-state index contributed by atoms with van der Waals surface area (Å²) < 4.78 is 32.8. The van der Waals surface area contributed by atoms with E-state index >= 15 is 9.13 Å². The van der Waals surface area contributed by atoms with Gasteiger partial charge in [0.05, 0.1) is 0 Å². The normalized spacial score (nSPS) is 12.0. The van der Waals surface area contributed by atoms with Gasteiger partial charge in [0.25, 0.3) is 0 Å². The van der Waals surface area contributed by atoms with Gasteiger partial charge in [0, 0.05) is 63.0 Å². The lowest BCUT2D eigenvalue weighted by molar-refractivity contribution is 0.591. The zero-order valence-electron chi connectivity index (χ0n) is 27.4. The number of benzene rings is 8. The molecule has 0 amide bonds. The maximum Gasteiger partial charge on any atom is 0.171 e. The van der Waals surface area contributed by atoms with E-state index in [1.54, 1.807) is 48.5 Å². The molecule has 0 saturated heterocycles. The molecule has 2 nitrogen and oxygen atoms in total. The fourth-order valence-electron chi connectivity index (χ4n) is 7.03. The summed E-state index contributed by atoms with van der Waals surface area (Å²) in [7, 11) is -7.35. The Kier molecular flexibility index (Phi) is 9.44. The number of halogens is 4. The summed E-state index contributed by atoms with van der Waals surface area (Å²) >= 11 is 25.6. The summed E-state index contributed by atoms with van der Waals surface area (Å²) in [5.74, 6) is 0. The van der Waals surface area contributed by atoms with Crippen molar-refractivity contribution >= 4 is 114 Å². The third-order valence-corrected chi connectivity index (χ3v) is 16.7. The van der Waals surface area contributed by atoms with Gasteiger partial charge in [-0.3, -0.25) is 0 Å². The Hall–Kier alpha value is -4.10. The van der Waals surface area contributed by atoms with Crippen molar-refractivity contribution in [3.8, 4) is 11.1 Å². The molecule has 8 heteroatoms. The summed E-state index contributed by atoms with van der Waals surface area (Å²) in [6.45, 7) is 0. The van der Waals surface area contributed by atoms with Gasteiger partial charge in [0.2, 0.25) is 0 Å². The van der Waals surface area contributed by atoms with E-state index in [1.165, 1.54) is 0 Å². The first kappa shape index (κ1) is 35.0. The summed E-state index contributed by atoms with van der Waals surface area (Å²) in [6.07, 6.45) is 0. The van der Waals surface area contributed by atoms with Crippen molar-refractivity contribution in [1.29, 1.82) is 0 Å². The second-order valence-electron chi connectivity index (χ2n) is 12.5. The van der Waals surface area contributed by atoms with Crippen molar-refractivity contribution in [2.45, 2.75) is 0 Å². The standard InChI is InChI=1S/C44H28Cl4O2P2/c45-31-11-19-35(20-12-31)51(49,36-21-13-32(46)14-22-36)41-27-9-29-5-1-3-7-39(29)43(41)44-40-8-4-2-6-30(40)10-28-42(44)52(50,37-23-15-33(47)16-24-37)38-25-17-34(48)18-26-38/h1-28H. The molecule has 0 aliphatic heterocycles. The molecule has 0 N–H and O–H groups in total. The lowest BCUT2D eigenvalue weighted by atomic mass is 9.93. The average Bonchev–Trinajstić information content (AvgIpc) is 3.17. The highest BCUT2D eigenvalue weighted by Crippen LogP contribution is 2.52. The number of hydrogen-bond donors (Lipinski definition) is 0. The van der Waals surface area contributed by atoms with Crippen molar-refractivity contribution in [1.82, 2.24) is 0 Å². The van der Waals surface area contributed by atoms with Crippen molar-refractivity contribution in [3.05, 3.63) is 190 Å². The van der Waals surface area contributed by atoms with Crippen LogP contribution in [0.2, 0.25) is 20.1 Å². The van der Waals surface area contributed by atoms with Gasteiger partial charge in [-0.1, -0.05) is 107 Å². The van der Waals surface area contributed by atoms with E-state index in [1.807, 2.05) is 121 Å². The van der Waals surface area contributed by atoms with Crippen LogP contribution in [-0.4, -0.2) is 0 Å². The third-order valence-electron chi connectivity index (χ3n) is 9.50. The Labute approximate surface area is 322 Å². The van der Waals surface area contributed by atoms with Gasteiger partial charge < -0.3 is 9.13 Å². The monoisotopic (exact) mass is 790 g/mol. The van der Waals surface area contributed by atoms with E-state index in [4.69, 9.17) is 46.4 Å². The minimum Gasteiger partial charge on any atom is -0.309 e. The third kappa shape index (κ3) is 6.03. The van der Waals surface area contributed by atoms with Crippen LogP contribution in [-0.2, 0) is 9.13 Å². The van der Waals surface area contributed by atoms with Crippen molar-refractivity contribution in [2.24, 2.45) is 0 Å². The summed E-state index contributed by atoms with van der Waals surface area (Å²) in [4.78, 5) is 0. The van der Waals surface area contributed by atoms with E-state index in [2.05, 4.69) is 0 Å². The lowest BCUT2D eigenvalue weighted by Crippen LogP contribution is -2.30. The second kappa shape index (κ2) is 14.0. The first-order valence-corrected chi connectivity index (χ1v) is 21.4. The predicted octanol–water partition coefficient (Wildman–Crippen LogP) is 11.6. The lowest BCUT2D eigenvalue weighted by Gasteiger charge is -2.28. The van der Waals surface area contributed by atoms with Crippen LogP contribution in [0.1, 0.15) is 0 Å². The summed E-state index contributed by atoms with van der Waals surface area (Å²) in [5.41, 5.74) is 1.47. The van der Waals surface area contributed by atoms with Gasteiger partial charge in [0.1, 0.15) is 0 Å². The number of fused-ring (bicyclic) bond motifs is 2. The smallest absolute Gasteiger partial charge is 0.171 e. The molecule has 254 valence electrons. The molecule has 0 aliphatic carbocycles. The first-order chi connectivity index (χ1) is 25.2. The molecule has 0 heterocycles. The molecule has 8 aromatic carbocycles. The predicted molar refractivity (Wildman–Crippen MR) is 226 cm³/mol. The average molecular weight is 792 g/mol. The van der Waals surface area contributed by atoms with Crippen LogP contribution in [0.15, 0.2) is 170 Å². The molecule has 8 rings (SSSR count). The van der Waals surface area contributed by atoms with Crippen LogP contribution in [0.25, 0.3) is 32.7 Å². The maximum atomic E-state index is 16.4. The van der Waals surface area contributed by atoms with E-state index < -0.39 is 14.3 Å². The Morgan fingerprint density at radius 1 is 0.308 bits per heavy atom. The van der Waals surface area contributed by atoms with E-state index in [-0.39, 0.29) is 0 Å². The summed E-state index contributed by atoms with van der Waals surface area (Å²) in [5, 5.41) is 9.43. The van der Waals surface area contributed by atoms with E-state index in [9.17, 15) is 0 Å². The van der Waals surface area contributed by atoms with Crippen molar-refractivity contribution < 1.29 is 9.13 Å². The molecule has 0 aliphatic rings. The maximum absolute atomic E-state index is 16.4. The molecule has 0 atom stereocenters. The molecular formula is C44H28Cl4O2P2. The Bertz CT molecular complexity index is 2420. The van der Waals surface area contributed by atoms with Crippen LogP contribution in [0.4, 0.5) is 0 Å². The molecule has 0 saturated carbocycles. The van der Waals surface area contributed by atoms with Crippen molar-refractivity contribution in [3.63, 3.8) is 0 Å². The van der Waals surface area contributed by atoms with Gasteiger partial charge in [-0.15, -0.1) is 0 Å². The number of hydrogen-bond acceptors (Lipinski definition) is 2. The number of rotatable bonds is 7. The zero-order chi connectivity index (χ0) is 36.0. The largest absolute Gasteiger partial charge is 0.309 e. The highest BCUT2D eigenvalue weighted by Gasteiger charge is 2.38. The topological polar surface area (TPSA) is 34.1 Å². The van der Waals surface area contributed by atoms with Crippen molar-refractivity contribution in [2.75, 3.05) is 0 Å². The van der Waals surface area contributed by atoms with Crippen LogP contribution in [0, 0.1) is 0 Å². The van der Waals surface area contributed by atoms with E-state index in [0.717, 1.165) is 32.7 Å². The highest BCUT2D eigenvalue weighted by molar-refractivity contribution is 7.86. The second-order valence-corrected chi connectivity index (χ2v) is 19.7. The molecule has 52 heavy (non-hydrogen) atoms. The molecule has 8 aromatic rings. The molecule has 0 radical (unpaired) electrons. The molecule has 0 bridgehead atoms.